The molecule has 2 saturated heterocycles. The average Bonchev–Trinajstić information content (AvgIpc) is 3.05. The average molecular weight is 446 g/mol. The Balaban J connectivity index is 1.35. The number of nitrogens with zero attached hydrogens (tertiary/aromatic N) is 4. The molecule has 2 aliphatic rings. The van der Waals surface area contributed by atoms with Crippen molar-refractivity contribution < 1.29 is 9.84 Å². The summed E-state index contributed by atoms with van der Waals surface area (Å²) in [5.74, 6) is 1.68. The lowest BCUT2D eigenvalue weighted by molar-refractivity contribution is 0.207. The van der Waals surface area contributed by atoms with Gasteiger partial charge in [-0.15, -0.1) is 10.2 Å². The molecule has 4 heterocycles. The van der Waals surface area contributed by atoms with Gasteiger partial charge in [0.25, 0.3) is 0 Å². The fourth-order valence-corrected chi connectivity index (χ4v) is 5.56. The normalized spacial score (nSPS) is 26.2. The Hall–Kier alpha value is -3.19. The van der Waals surface area contributed by atoms with Crippen LogP contribution in [0.25, 0.3) is 22.4 Å². The van der Waals surface area contributed by atoms with Gasteiger partial charge in [0.05, 0.1) is 19.0 Å². The number of phenols is 1. The number of phenolic OH excluding ortho intramolecular Hbond substituents is 1. The van der Waals surface area contributed by atoms with Crippen molar-refractivity contribution in [2.45, 2.75) is 56.7 Å². The summed E-state index contributed by atoms with van der Waals surface area (Å²) in [4.78, 5) is 6.45. The van der Waals surface area contributed by atoms with Crippen LogP contribution in [0.1, 0.15) is 39.5 Å². The number of anilines is 1. The molecule has 2 fully saturated rings. The van der Waals surface area contributed by atoms with E-state index in [4.69, 9.17) is 4.74 Å². The molecule has 33 heavy (non-hydrogen) atoms. The number of hydrogen-bond donors (Lipinski definition) is 2. The lowest BCUT2D eigenvalue weighted by Gasteiger charge is -2.45. The van der Waals surface area contributed by atoms with Crippen LogP contribution in [0.4, 0.5) is 5.82 Å². The minimum Gasteiger partial charge on any atom is -0.507 e. The van der Waals surface area contributed by atoms with Crippen LogP contribution in [0.2, 0.25) is 0 Å². The van der Waals surface area contributed by atoms with Crippen molar-refractivity contribution in [3.63, 3.8) is 0 Å². The van der Waals surface area contributed by atoms with Crippen LogP contribution in [0.3, 0.4) is 0 Å². The minimum atomic E-state index is 0.154. The Labute approximate surface area is 194 Å². The Morgan fingerprint density at radius 3 is 2.39 bits per heavy atom. The van der Waals surface area contributed by atoms with Gasteiger partial charge in [0.1, 0.15) is 11.5 Å². The molecule has 1 aromatic carbocycles. The zero-order chi connectivity index (χ0) is 23.2. The van der Waals surface area contributed by atoms with Crippen molar-refractivity contribution in [1.29, 1.82) is 0 Å². The van der Waals surface area contributed by atoms with Gasteiger partial charge in [-0.2, -0.15) is 0 Å². The third-order valence-corrected chi connectivity index (χ3v) is 7.32. The number of fused-ring (bicyclic) bond motifs is 2. The first-order valence-corrected chi connectivity index (χ1v) is 11.5. The zero-order valence-electron chi connectivity index (χ0n) is 19.7. The number of ether oxygens (including phenoxy) is 1. The topological polar surface area (TPSA) is 83.4 Å². The number of pyridine rings is 1. The molecule has 7 nitrogen and oxygen atoms in total. The van der Waals surface area contributed by atoms with Gasteiger partial charge in [0.15, 0.2) is 5.82 Å². The maximum absolute atomic E-state index is 10.7. The minimum absolute atomic E-state index is 0.154. The highest BCUT2D eigenvalue weighted by Crippen LogP contribution is 2.44. The van der Waals surface area contributed by atoms with Gasteiger partial charge >= 0.3 is 0 Å². The van der Waals surface area contributed by atoms with Gasteiger partial charge in [-0.25, -0.2) is 0 Å². The van der Waals surface area contributed by atoms with Crippen molar-refractivity contribution in [3.05, 3.63) is 48.8 Å². The summed E-state index contributed by atoms with van der Waals surface area (Å²) >= 11 is 0. The first-order chi connectivity index (χ1) is 15.8. The van der Waals surface area contributed by atoms with E-state index in [0.717, 1.165) is 29.8 Å². The molecule has 0 saturated carbocycles. The van der Waals surface area contributed by atoms with Gasteiger partial charge in [-0.05, 0) is 75.4 Å². The van der Waals surface area contributed by atoms with E-state index in [1.54, 1.807) is 25.6 Å². The number of methoxy groups -OCH3 is 1. The maximum Gasteiger partial charge on any atom is 0.151 e. The van der Waals surface area contributed by atoms with E-state index >= 15 is 0 Å². The molecule has 3 atom stereocenters. The SMILES string of the molecule is COc1cncc(-c2ccc(-c3ccc(N(C)C4C[C@]5(C)CC[C@](C)(C4)N5)nn3)c(O)c2)c1. The van der Waals surface area contributed by atoms with Crippen molar-refractivity contribution in [3.8, 4) is 33.9 Å². The van der Waals surface area contributed by atoms with Gasteiger partial charge < -0.3 is 20.1 Å². The molecule has 0 amide bonds. The largest absolute Gasteiger partial charge is 0.507 e. The summed E-state index contributed by atoms with van der Waals surface area (Å²) in [6.07, 6.45) is 8.04. The van der Waals surface area contributed by atoms with E-state index in [1.165, 1.54) is 12.8 Å². The molecular weight excluding hydrogens is 414 g/mol. The quantitative estimate of drug-likeness (QED) is 0.601. The second-order valence-corrected chi connectivity index (χ2v) is 10.0. The number of piperidine rings is 1. The fraction of sp³-hybridized carbons (Fsp3) is 0.423. The number of benzene rings is 1. The highest BCUT2D eigenvalue weighted by atomic mass is 16.5. The molecule has 3 aromatic rings. The Morgan fingerprint density at radius 1 is 1.00 bits per heavy atom. The molecule has 0 spiro atoms. The molecule has 0 radical (unpaired) electrons. The Morgan fingerprint density at radius 2 is 1.76 bits per heavy atom. The van der Waals surface area contributed by atoms with Crippen LogP contribution >= 0.6 is 0 Å². The summed E-state index contributed by atoms with van der Waals surface area (Å²) < 4.78 is 5.25. The van der Waals surface area contributed by atoms with Crippen LogP contribution in [-0.4, -0.2) is 51.6 Å². The van der Waals surface area contributed by atoms with Crippen LogP contribution < -0.4 is 15.0 Å². The van der Waals surface area contributed by atoms with Crippen molar-refractivity contribution in [1.82, 2.24) is 20.5 Å². The molecular formula is C26H31N5O2. The standard InChI is InChI=1S/C26H31N5O2/c1-25-9-10-26(2,30-25)14-19(13-25)31(3)24-8-7-22(28-29-24)21-6-5-17(12-23(21)32)18-11-20(33-4)16-27-15-18/h5-8,11-12,15-16,19,30,32H,9-10,13-14H2,1-4H3/t19?,25-,26+. The van der Waals surface area contributed by atoms with Gasteiger partial charge in [0, 0.05) is 41.5 Å². The molecule has 1 unspecified atom stereocenters. The number of hydrogen-bond acceptors (Lipinski definition) is 7. The number of nitrogens with one attached hydrogen (secondary N) is 1. The number of aromatic nitrogens is 3. The predicted octanol–water partition coefficient (Wildman–Crippen LogP) is 4.42. The third-order valence-electron chi connectivity index (χ3n) is 7.32. The van der Waals surface area contributed by atoms with Crippen LogP contribution in [0.15, 0.2) is 48.8 Å². The Bertz CT molecular complexity index is 1150. The van der Waals surface area contributed by atoms with E-state index in [1.807, 2.05) is 30.3 Å². The number of rotatable bonds is 5. The zero-order valence-corrected chi connectivity index (χ0v) is 19.7. The van der Waals surface area contributed by atoms with Crippen LogP contribution in [0, 0.1) is 0 Å². The summed E-state index contributed by atoms with van der Waals surface area (Å²) in [6, 6.07) is 11.8. The molecule has 5 rings (SSSR count). The van der Waals surface area contributed by atoms with Crippen LogP contribution in [0.5, 0.6) is 11.5 Å². The summed E-state index contributed by atoms with van der Waals surface area (Å²) in [5.41, 5.74) is 3.42. The van der Waals surface area contributed by atoms with Gasteiger partial charge in [-0.3, -0.25) is 4.98 Å². The summed E-state index contributed by atoms with van der Waals surface area (Å²) in [5, 5.41) is 23.5. The maximum atomic E-state index is 10.7. The highest BCUT2D eigenvalue weighted by molar-refractivity contribution is 5.74. The monoisotopic (exact) mass is 445 g/mol. The smallest absolute Gasteiger partial charge is 0.151 e. The second-order valence-electron chi connectivity index (χ2n) is 10.0. The molecule has 7 heteroatoms. The lowest BCUT2D eigenvalue weighted by Crippen LogP contribution is -2.58. The first kappa shape index (κ1) is 21.6. The molecule has 0 aliphatic carbocycles. The van der Waals surface area contributed by atoms with E-state index in [-0.39, 0.29) is 16.8 Å². The Kier molecular flexibility index (Phi) is 5.24. The molecule has 2 bridgehead atoms. The third kappa shape index (κ3) is 4.13. The number of aromatic hydroxyl groups is 1. The van der Waals surface area contributed by atoms with E-state index in [9.17, 15) is 5.11 Å². The first-order valence-electron chi connectivity index (χ1n) is 11.5. The fourth-order valence-electron chi connectivity index (χ4n) is 5.56. The van der Waals surface area contributed by atoms with Crippen molar-refractivity contribution in [2.24, 2.45) is 0 Å². The molecule has 172 valence electrons. The van der Waals surface area contributed by atoms with E-state index in [0.29, 0.717) is 23.0 Å². The summed E-state index contributed by atoms with van der Waals surface area (Å²) in [7, 11) is 3.72. The van der Waals surface area contributed by atoms with Gasteiger partial charge in [-0.1, -0.05) is 6.07 Å². The molecule has 2 N–H and O–H groups in total. The highest BCUT2D eigenvalue weighted by Gasteiger charge is 2.49. The second kappa shape index (κ2) is 7.99. The predicted molar refractivity (Wildman–Crippen MR) is 130 cm³/mol. The van der Waals surface area contributed by atoms with Crippen molar-refractivity contribution in [2.75, 3.05) is 19.1 Å². The van der Waals surface area contributed by atoms with Crippen LogP contribution in [-0.2, 0) is 0 Å². The lowest BCUT2D eigenvalue weighted by atomic mass is 9.84. The van der Waals surface area contributed by atoms with Gasteiger partial charge in [0.2, 0.25) is 0 Å². The van der Waals surface area contributed by atoms with E-state index in [2.05, 4.69) is 46.3 Å². The molecule has 2 aromatic heterocycles. The molecule has 2 aliphatic heterocycles. The van der Waals surface area contributed by atoms with E-state index < -0.39 is 0 Å². The summed E-state index contributed by atoms with van der Waals surface area (Å²) in [6.45, 7) is 4.67. The van der Waals surface area contributed by atoms with Crippen molar-refractivity contribution >= 4 is 5.82 Å².